The number of aliphatic hydroxyl groups is 2. The summed E-state index contributed by atoms with van der Waals surface area (Å²) in [5.41, 5.74) is 0. The van der Waals surface area contributed by atoms with E-state index in [9.17, 15) is 0 Å². The van der Waals surface area contributed by atoms with Crippen molar-refractivity contribution < 1.29 is 10.2 Å². The predicted octanol–water partition coefficient (Wildman–Crippen LogP) is 2.73. The topological polar surface area (TPSA) is 40.5 Å². The fourth-order valence-corrected chi connectivity index (χ4v) is 1.84. The van der Waals surface area contributed by atoms with E-state index in [0.717, 1.165) is 19.3 Å². The summed E-state index contributed by atoms with van der Waals surface area (Å²) in [6.45, 7) is 4.40. The van der Waals surface area contributed by atoms with E-state index in [1.54, 1.807) is 0 Å². The van der Waals surface area contributed by atoms with Crippen LogP contribution >= 0.6 is 0 Å². The Labute approximate surface area is 88.3 Å². The third-order valence-electron chi connectivity index (χ3n) is 2.60. The van der Waals surface area contributed by atoms with Gasteiger partial charge >= 0.3 is 0 Å². The molecular weight excluding hydrogens is 176 g/mol. The molecule has 0 saturated heterocycles. The first-order valence-electron chi connectivity index (χ1n) is 5.95. The zero-order valence-electron chi connectivity index (χ0n) is 9.71. The van der Waals surface area contributed by atoms with Crippen LogP contribution < -0.4 is 0 Å². The molecule has 0 aromatic heterocycles. The highest BCUT2D eigenvalue weighted by Gasteiger charge is 2.05. The van der Waals surface area contributed by atoms with Gasteiger partial charge in [0.15, 0.2) is 0 Å². The van der Waals surface area contributed by atoms with Crippen LogP contribution in [0.2, 0.25) is 0 Å². The molecule has 2 heteroatoms. The molecule has 0 aliphatic heterocycles. The monoisotopic (exact) mass is 202 g/mol. The Morgan fingerprint density at radius 1 is 0.929 bits per heavy atom. The lowest BCUT2D eigenvalue weighted by molar-refractivity contribution is 0.161. The highest BCUT2D eigenvalue weighted by atomic mass is 16.3. The van der Waals surface area contributed by atoms with E-state index in [2.05, 4.69) is 6.92 Å². The van der Waals surface area contributed by atoms with Gasteiger partial charge in [-0.1, -0.05) is 39.0 Å². The molecule has 0 fully saturated rings. The number of rotatable bonds is 9. The Kier molecular flexibility index (Phi) is 9.42. The van der Waals surface area contributed by atoms with Gasteiger partial charge in [-0.3, -0.25) is 0 Å². The van der Waals surface area contributed by atoms with Gasteiger partial charge in [-0.25, -0.2) is 0 Å². The van der Waals surface area contributed by atoms with Crippen molar-refractivity contribution in [3.05, 3.63) is 0 Å². The number of unbranched alkanes of at least 4 members (excludes halogenated alkanes) is 4. The Morgan fingerprint density at radius 2 is 1.50 bits per heavy atom. The lowest BCUT2D eigenvalue weighted by atomic mass is 9.97. The second kappa shape index (κ2) is 9.47. The molecule has 0 saturated carbocycles. The molecule has 0 aromatic rings. The molecule has 0 radical (unpaired) electrons. The Bertz CT molecular complexity index is 113. The van der Waals surface area contributed by atoms with Crippen molar-refractivity contribution in [2.24, 2.45) is 5.92 Å². The maximum absolute atomic E-state index is 9.17. The second-order valence-electron chi connectivity index (χ2n) is 4.47. The molecule has 0 aromatic carbocycles. The summed E-state index contributed by atoms with van der Waals surface area (Å²) in [6.07, 6.45) is 7.87. The Balaban J connectivity index is 3.10. The van der Waals surface area contributed by atoms with Gasteiger partial charge in [0, 0.05) is 6.61 Å². The zero-order chi connectivity index (χ0) is 10.8. The van der Waals surface area contributed by atoms with Gasteiger partial charge in [-0.15, -0.1) is 0 Å². The van der Waals surface area contributed by atoms with Crippen LogP contribution in [0.1, 0.15) is 58.8 Å². The average Bonchev–Trinajstić information content (AvgIpc) is 2.10. The summed E-state index contributed by atoms with van der Waals surface area (Å²) in [7, 11) is 0. The molecule has 0 heterocycles. The number of hydrogen-bond donors (Lipinski definition) is 2. The Hall–Kier alpha value is -0.0800. The minimum Gasteiger partial charge on any atom is -0.396 e. The lowest BCUT2D eigenvalue weighted by Crippen LogP contribution is -2.06. The van der Waals surface area contributed by atoms with Gasteiger partial charge < -0.3 is 10.2 Å². The van der Waals surface area contributed by atoms with Crippen LogP contribution in [0.4, 0.5) is 0 Å². The highest BCUT2D eigenvalue weighted by molar-refractivity contribution is 4.57. The van der Waals surface area contributed by atoms with Gasteiger partial charge in [-0.2, -0.15) is 0 Å². The van der Waals surface area contributed by atoms with E-state index in [-0.39, 0.29) is 6.10 Å². The number of hydrogen-bond acceptors (Lipinski definition) is 2. The van der Waals surface area contributed by atoms with Crippen LogP contribution in [0, 0.1) is 5.92 Å². The van der Waals surface area contributed by atoms with Crippen LogP contribution in [0.3, 0.4) is 0 Å². The number of aliphatic hydroxyl groups excluding tert-OH is 2. The summed E-state index contributed by atoms with van der Waals surface area (Å²) in [6, 6.07) is 0. The first-order valence-corrected chi connectivity index (χ1v) is 5.95. The maximum atomic E-state index is 9.17. The Morgan fingerprint density at radius 3 is 2.07 bits per heavy atom. The molecule has 0 amide bonds. The van der Waals surface area contributed by atoms with Crippen LogP contribution in [-0.2, 0) is 0 Å². The predicted molar refractivity (Wildman–Crippen MR) is 60.2 cm³/mol. The van der Waals surface area contributed by atoms with Gasteiger partial charge in [0.1, 0.15) is 0 Å². The zero-order valence-corrected chi connectivity index (χ0v) is 9.71. The van der Waals surface area contributed by atoms with Gasteiger partial charge in [0.25, 0.3) is 0 Å². The lowest BCUT2D eigenvalue weighted by Gasteiger charge is -2.12. The highest BCUT2D eigenvalue weighted by Crippen LogP contribution is 2.15. The fourth-order valence-electron chi connectivity index (χ4n) is 1.84. The van der Waals surface area contributed by atoms with Gasteiger partial charge in [0.05, 0.1) is 6.10 Å². The van der Waals surface area contributed by atoms with Gasteiger partial charge in [0.2, 0.25) is 0 Å². The smallest absolute Gasteiger partial charge is 0.0514 e. The van der Waals surface area contributed by atoms with Crippen molar-refractivity contribution in [2.75, 3.05) is 6.61 Å². The minimum absolute atomic E-state index is 0.153. The van der Waals surface area contributed by atoms with E-state index in [0.29, 0.717) is 12.5 Å². The molecule has 2 N–H and O–H groups in total. The molecular formula is C12H26O2. The van der Waals surface area contributed by atoms with Gasteiger partial charge in [-0.05, 0) is 25.7 Å². The normalized spacial score (nSPS) is 15.4. The van der Waals surface area contributed by atoms with E-state index < -0.39 is 0 Å². The molecule has 2 nitrogen and oxygen atoms in total. The minimum atomic E-state index is -0.153. The largest absolute Gasteiger partial charge is 0.396 e. The molecule has 0 aliphatic rings. The summed E-state index contributed by atoms with van der Waals surface area (Å²) < 4.78 is 0. The van der Waals surface area contributed by atoms with Crippen molar-refractivity contribution in [3.8, 4) is 0 Å². The van der Waals surface area contributed by atoms with Crippen LogP contribution in [0.25, 0.3) is 0 Å². The summed E-state index contributed by atoms with van der Waals surface area (Å²) in [5.74, 6) is 0.646. The first-order chi connectivity index (χ1) is 6.66. The van der Waals surface area contributed by atoms with Crippen LogP contribution in [0.5, 0.6) is 0 Å². The molecule has 2 atom stereocenters. The van der Waals surface area contributed by atoms with Crippen molar-refractivity contribution >= 4 is 0 Å². The third-order valence-corrected chi connectivity index (χ3v) is 2.60. The van der Waals surface area contributed by atoms with E-state index in [4.69, 9.17) is 10.2 Å². The summed E-state index contributed by atoms with van der Waals surface area (Å²) in [4.78, 5) is 0. The third kappa shape index (κ3) is 10.0. The molecule has 0 aliphatic carbocycles. The quantitative estimate of drug-likeness (QED) is 0.564. The van der Waals surface area contributed by atoms with Crippen molar-refractivity contribution in [3.63, 3.8) is 0 Å². The van der Waals surface area contributed by atoms with E-state index in [1.807, 2.05) is 6.92 Å². The van der Waals surface area contributed by atoms with Crippen molar-refractivity contribution in [1.29, 1.82) is 0 Å². The SMILES string of the molecule is CC(O)CC(C)CCCCCCCO. The molecule has 2 unspecified atom stereocenters. The van der Waals surface area contributed by atoms with Crippen molar-refractivity contribution in [1.82, 2.24) is 0 Å². The van der Waals surface area contributed by atoms with Crippen LogP contribution in [0.15, 0.2) is 0 Å². The van der Waals surface area contributed by atoms with E-state index in [1.165, 1.54) is 25.7 Å². The standard InChI is InChI=1S/C12H26O2/c1-11(10-12(2)14)8-6-4-3-5-7-9-13/h11-14H,3-10H2,1-2H3. The van der Waals surface area contributed by atoms with Crippen molar-refractivity contribution in [2.45, 2.75) is 64.9 Å². The maximum Gasteiger partial charge on any atom is 0.0514 e. The first kappa shape index (κ1) is 13.9. The molecule has 0 bridgehead atoms. The molecule has 0 rings (SSSR count). The van der Waals surface area contributed by atoms with E-state index >= 15 is 0 Å². The fraction of sp³-hybridized carbons (Fsp3) is 1.00. The summed E-state index contributed by atoms with van der Waals surface area (Å²) >= 11 is 0. The van der Waals surface area contributed by atoms with Crippen LogP contribution in [-0.4, -0.2) is 22.9 Å². The summed E-state index contributed by atoms with van der Waals surface area (Å²) in [5, 5.41) is 17.8. The molecule has 0 spiro atoms. The molecule has 14 heavy (non-hydrogen) atoms. The average molecular weight is 202 g/mol. The molecule has 86 valence electrons. The second-order valence-corrected chi connectivity index (χ2v) is 4.47.